The van der Waals surface area contributed by atoms with E-state index < -0.39 is 0 Å². The van der Waals surface area contributed by atoms with Gasteiger partial charge in [-0.2, -0.15) is 10.5 Å². The summed E-state index contributed by atoms with van der Waals surface area (Å²) in [5.41, 5.74) is 12.8. The monoisotopic (exact) mass is 699 g/mol. The van der Waals surface area contributed by atoms with Gasteiger partial charge in [0.2, 0.25) is 0 Å². The maximum absolute atomic E-state index is 10.5. The quantitative estimate of drug-likeness (QED) is 0.184. The van der Waals surface area contributed by atoms with Crippen LogP contribution in [0.2, 0.25) is 0 Å². The Hall–Kier alpha value is -7.86. The molecule has 0 saturated carbocycles. The van der Waals surface area contributed by atoms with Gasteiger partial charge >= 0.3 is 0 Å². The highest BCUT2D eigenvalue weighted by Gasteiger charge is 2.20. The number of benzene rings is 8. The number of aromatic nitrogens is 3. The lowest BCUT2D eigenvalue weighted by Gasteiger charge is -2.17. The van der Waals surface area contributed by atoms with Crippen molar-refractivity contribution < 1.29 is 0 Å². The molecule has 0 radical (unpaired) electrons. The van der Waals surface area contributed by atoms with Crippen molar-refractivity contribution in [2.75, 3.05) is 0 Å². The normalized spacial score (nSPS) is 11.6. The number of nitrogens with zero attached hydrogens (tertiary/aromatic N) is 5. The Kier molecular flexibility index (Phi) is 6.61. The number of nitriles is 2. The molecule has 0 unspecified atom stereocenters. The van der Waals surface area contributed by atoms with Crippen LogP contribution in [0.1, 0.15) is 11.1 Å². The average Bonchev–Trinajstić information content (AvgIpc) is 3.88. The first-order valence-electron chi connectivity index (χ1n) is 18.3. The van der Waals surface area contributed by atoms with E-state index in [0.717, 1.165) is 93.6 Å². The first-order valence-corrected chi connectivity index (χ1v) is 18.3. The van der Waals surface area contributed by atoms with Crippen LogP contribution in [-0.4, -0.2) is 13.7 Å². The first-order chi connectivity index (χ1) is 27.2. The molecule has 3 heterocycles. The van der Waals surface area contributed by atoms with Crippen LogP contribution in [0.15, 0.2) is 176 Å². The second-order valence-corrected chi connectivity index (χ2v) is 14.0. The summed E-state index contributed by atoms with van der Waals surface area (Å²) in [6, 6.07) is 66.0. The zero-order valence-electron chi connectivity index (χ0n) is 29.5. The third kappa shape index (κ3) is 4.45. The van der Waals surface area contributed by atoms with Crippen molar-refractivity contribution >= 4 is 65.4 Å². The molecule has 0 spiro atoms. The molecule has 55 heavy (non-hydrogen) atoms. The van der Waals surface area contributed by atoms with Crippen LogP contribution < -0.4 is 0 Å². The molecule has 0 aliphatic rings. The third-order valence-electron chi connectivity index (χ3n) is 11.1. The Morgan fingerprint density at radius 3 is 1.44 bits per heavy atom. The van der Waals surface area contributed by atoms with Gasteiger partial charge < -0.3 is 13.7 Å². The van der Waals surface area contributed by atoms with Gasteiger partial charge in [0.05, 0.1) is 56.0 Å². The number of rotatable bonds is 4. The number of para-hydroxylation sites is 5. The van der Waals surface area contributed by atoms with E-state index in [1.165, 1.54) is 0 Å². The van der Waals surface area contributed by atoms with Crippen molar-refractivity contribution in [2.24, 2.45) is 0 Å². The molecule has 3 aromatic heterocycles. The smallest absolute Gasteiger partial charge is 0.101 e. The van der Waals surface area contributed by atoms with Crippen molar-refractivity contribution in [3.63, 3.8) is 0 Å². The van der Waals surface area contributed by atoms with Gasteiger partial charge in [0.15, 0.2) is 0 Å². The lowest BCUT2D eigenvalue weighted by Crippen LogP contribution is -2.01. The maximum atomic E-state index is 10.5. The van der Waals surface area contributed by atoms with Crippen LogP contribution in [0.5, 0.6) is 0 Å². The van der Waals surface area contributed by atoms with Crippen molar-refractivity contribution in [1.29, 1.82) is 10.5 Å². The summed E-state index contributed by atoms with van der Waals surface area (Å²) >= 11 is 0. The lowest BCUT2D eigenvalue weighted by molar-refractivity contribution is 1.16. The highest BCUT2D eigenvalue weighted by molar-refractivity contribution is 6.13. The molecule has 0 aliphatic carbocycles. The first kappa shape index (κ1) is 30.7. The Labute approximate surface area is 316 Å². The minimum absolute atomic E-state index is 0.618. The molecule has 0 bridgehead atoms. The Bertz CT molecular complexity index is 3420. The SMILES string of the molecule is N#Cc1ccc2c(c1)c1ccccc1n2-c1ccc2c(c1)c1ccccc1n2-c1cccc(-c2cccc(C#N)c2-n2c3ccccc3c3ccccc32)c1. The van der Waals surface area contributed by atoms with E-state index in [1.807, 2.05) is 24.3 Å². The predicted molar refractivity (Wildman–Crippen MR) is 224 cm³/mol. The zero-order chi connectivity index (χ0) is 36.6. The van der Waals surface area contributed by atoms with Crippen LogP contribution >= 0.6 is 0 Å². The molecular weight excluding hydrogens is 671 g/mol. The topological polar surface area (TPSA) is 62.4 Å². The molecule has 0 saturated heterocycles. The van der Waals surface area contributed by atoms with Gasteiger partial charge in [0.25, 0.3) is 0 Å². The molecular formula is C50H29N5. The van der Waals surface area contributed by atoms with E-state index in [-0.39, 0.29) is 0 Å². The number of hydrogen-bond donors (Lipinski definition) is 0. The highest BCUT2D eigenvalue weighted by Crippen LogP contribution is 2.40. The lowest BCUT2D eigenvalue weighted by atomic mass is 9.99. The molecule has 0 fully saturated rings. The summed E-state index contributed by atoms with van der Waals surface area (Å²) in [6.07, 6.45) is 0. The van der Waals surface area contributed by atoms with Gasteiger partial charge in [-0.1, -0.05) is 97.1 Å². The minimum atomic E-state index is 0.618. The summed E-state index contributed by atoms with van der Waals surface area (Å²) in [5.74, 6) is 0. The van der Waals surface area contributed by atoms with Gasteiger partial charge in [-0.15, -0.1) is 0 Å². The van der Waals surface area contributed by atoms with Crippen LogP contribution in [0, 0.1) is 22.7 Å². The van der Waals surface area contributed by atoms with Crippen LogP contribution in [-0.2, 0) is 0 Å². The van der Waals surface area contributed by atoms with Gasteiger partial charge in [-0.3, -0.25) is 0 Å². The summed E-state index contributed by atoms with van der Waals surface area (Å²) < 4.78 is 6.90. The van der Waals surface area contributed by atoms with Crippen LogP contribution in [0.3, 0.4) is 0 Å². The number of fused-ring (bicyclic) bond motifs is 9. The van der Waals surface area contributed by atoms with E-state index in [0.29, 0.717) is 11.1 Å². The molecule has 5 heteroatoms. The van der Waals surface area contributed by atoms with E-state index in [2.05, 4.69) is 177 Å². The van der Waals surface area contributed by atoms with Gasteiger partial charge in [-0.05, 0) is 84.4 Å². The van der Waals surface area contributed by atoms with Gasteiger partial charge in [0.1, 0.15) is 6.07 Å². The summed E-state index contributed by atoms with van der Waals surface area (Å²) in [5, 5.41) is 27.0. The molecule has 5 nitrogen and oxygen atoms in total. The predicted octanol–water partition coefficient (Wildman–Crippen LogP) is 12.4. The molecule has 11 aromatic rings. The van der Waals surface area contributed by atoms with Gasteiger partial charge in [0, 0.05) is 49.3 Å². The van der Waals surface area contributed by atoms with E-state index in [4.69, 9.17) is 0 Å². The summed E-state index contributed by atoms with van der Waals surface area (Å²) in [7, 11) is 0. The van der Waals surface area contributed by atoms with Crippen LogP contribution in [0.25, 0.3) is 93.6 Å². The zero-order valence-corrected chi connectivity index (χ0v) is 29.5. The third-order valence-corrected chi connectivity index (χ3v) is 11.1. The van der Waals surface area contributed by atoms with E-state index in [9.17, 15) is 10.5 Å². The number of hydrogen-bond acceptors (Lipinski definition) is 2. The maximum Gasteiger partial charge on any atom is 0.101 e. The molecule has 0 N–H and O–H groups in total. The second kappa shape index (κ2) is 11.8. The van der Waals surface area contributed by atoms with Crippen molar-refractivity contribution in [1.82, 2.24) is 13.7 Å². The second-order valence-electron chi connectivity index (χ2n) is 14.0. The van der Waals surface area contributed by atoms with Crippen LogP contribution in [0.4, 0.5) is 0 Å². The Morgan fingerprint density at radius 1 is 0.345 bits per heavy atom. The minimum Gasteiger partial charge on any atom is -0.309 e. The molecule has 254 valence electrons. The van der Waals surface area contributed by atoms with E-state index in [1.54, 1.807) is 0 Å². The standard InChI is InChI=1S/C50H29N5/c51-30-32-23-25-48-42(27-32)40-16-3-5-19-44(40)54(48)36-24-26-49-43(29-36)41-17-4-6-20-45(41)53(49)35-13-9-11-33(28-35)37-18-10-12-34(31-52)50(37)55-46-21-7-1-14-38(46)39-15-2-8-22-47(39)55/h1-29H. The molecule has 0 amide bonds. The van der Waals surface area contributed by atoms with Crippen molar-refractivity contribution in [3.05, 3.63) is 187 Å². The fourth-order valence-electron chi connectivity index (χ4n) is 8.78. The average molecular weight is 700 g/mol. The fraction of sp³-hybridized carbons (Fsp3) is 0. The summed E-state index contributed by atoms with van der Waals surface area (Å²) in [4.78, 5) is 0. The molecule has 0 aliphatic heterocycles. The molecule has 11 rings (SSSR count). The largest absolute Gasteiger partial charge is 0.309 e. The Balaban J connectivity index is 1.13. The molecule has 0 atom stereocenters. The van der Waals surface area contributed by atoms with Crippen molar-refractivity contribution in [2.45, 2.75) is 0 Å². The Morgan fingerprint density at radius 2 is 0.836 bits per heavy atom. The van der Waals surface area contributed by atoms with Crippen molar-refractivity contribution in [3.8, 4) is 40.3 Å². The summed E-state index contributed by atoms with van der Waals surface area (Å²) in [6.45, 7) is 0. The van der Waals surface area contributed by atoms with E-state index >= 15 is 0 Å². The highest BCUT2D eigenvalue weighted by atomic mass is 15.0. The molecule has 8 aromatic carbocycles. The fourth-order valence-corrected chi connectivity index (χ4v) is 8.78. The van der Waals surface area contributed by atoms with Gasteiger partial charge in [-0.25, -0.2) is 0 Å².